The normalized spacial score (nSPS) is 11.9. The monoisotopic (exact) mass is 243 g/mol. The fourth-order valence-electron chi connectivity index (χ4n) is 1.09. The van der Waals surface area contributed by atoms with Gasteiger partial charge in [-0.3, -0.25) is 4.79 Å². The second kappa shape index (κ2) is 4.85. The molecule has 1 atom stereocenters. The van der Waals surface area contributed by atoms with Crippen molar-refractivity contribution in [1.29, 1.82) is 0 Å². The standard InChI is InChI=1S/C10H10ClNO4/c1-5(9(13)14)12-6-2-3-8(11)7(4-6)10(15)16/h2-5,12H,1H3,(H,13,14)(H,15,16). The number of hydrogen-bond acceptors (Lipinski definition) is 3. The number of carboxylic acid groups (broad SMARTS) is 2. The molecule has 0 bridgehead atoms. The molecule has 3 N–H and O–H groups in total. The van der Waals surface area contributed by atoms with Crippen LogP contribution in [0.4, 0.5) is 5.69 Å². The summed E-state index contributed by atoms with van der Waals surface area (Å²) >= 11 is 5.67. The Morgan fingerprint density at radius 1 is 1.38 bits per heavy atom. The molecular formula is C10H10ClNO4. The first-order valence-corrected chi connectivity index (χ1v) is 4.82. The molecule has 0 aliphatic rings. The van der Waals surface area contributed by atoms with E-state index in [0.29, 0.717) is 5.69 Å². The highest BCUT2D eigenvalue weighted by atomic mass is 35.5. The molecule has 0 radical (unpaired) electrons. The molecule has 0 aliphatic heterocycles. The lowest BCUT2D eigenvalue weighted by molar-refractivity contribution is -0.137. The average molecular weight is 244 g/mol. The minimum absolute atomic E-state index is 0.0655. The minimum atomic E-state index is -1.16. The van der Waals surface area contributed by atoms with Gasteiger partial charge in [0.25, 0.3) is 0 Å². The molecular weight excluding hydrogens is 234 g/mol. The van der Waals surface area contributed by atoms with Gasteiger partial charge in [-0.1, -0.05) is 11.6 Å². The third kappa shape index (κ3) is 2.87. The van der Waals surface area contributed by atoms with Crippen molar-refractivity contribution in [2.24, 2.45) is 0 Å². The van der Waals surface area contributed by atoms with Crippen LogP contribution in [0.25, 0.3) is 0 Å². The van der Waals surface area contributed by atoms with E-state index in [0.717, 1.165) is 0 Å². The molecule has 0 heterocycles. The third-order valence-corrected chi connectivity index (χ3v) is 2.28. The zero-order valence-corrected chi connectivity index (χ0v) is 9.15. The fraction of sp³-hybridized carbons (Fsp3) is 0.200. The maximum Gasteiger partial charge on any atom is 0.337 e. The molecule has 5 nitrogen and oxygen atoms in total. The largest absolute Gasteiger partial charge is 0.480 e. The zero-order valence-electron chi connectivity index (χ0n) is 8.40. The van der Waals surface area contributed by atoms with Gasteiger partial charge in [-0.25, -0.2) is 4.79 Å². The van der Waals surface area contributed by atoms with Crippen LogP contribution in [0.5, 0.6) is 0 Å². The summed E-state index contributed by atoms with van der Waals surface area (Å²) in [7, 11) is 0. The number of aromatic carboxylic acids is 1. The lowest BCUT2D eigenvalue weighted by Crippen LogP contribution is -2.25. The predicted molar refractivity (Wildman–Crippen MR) is 59.1 cm³/mol. The highest BCUT2D eigenvalue weighted by Crippen LogP contribution is 2.21. The number of hydrogen-bond donors (Lipinski definition) is 3. The van der Waals surface area contributed by atoms with E-state index in [2.05, 4.69) is 5.32 Å². The number of rotatable bonds is 4. The van der Waals surface area contributed by atoms with Crippen LogP contribution in [0, 0.1) is 0 Å². The molecule has 1 unspecified atom stereocenters. The number of anilines is 1. The molecule has 1 aromatic rings. The number of carboxylic acids is 2. The summed E-state index contributed by atoms with van der Waals surface area (Å²) in [5.74, 6) is -2.18. The number of benzene rings is 1. The Hall–Kier alpha value is -1.75. The Morgan fingerprint density at radius 3 is 2.50 bits per heavy atom. The number of nitrogens with one attached hydrogen (secondary N) is 1. The fourth-order valence-corrected chi connectivity index (χ4v) is 1.29. The SMILES string of the molecule is CC(Nc1ccc(Cl)c(C(=O)O)c1)C(=O)O. The first-order valence-electron chi connectivity index (χ1n) is 4.44. The van der Waals surface area contributed by atoms with Gasteiger partial charge < -0.3 is 15.5 Å². The van der Waals surface area contributed by atoms with E-state index in [-0.39, 0.29) is 10.6 Å². The van der Waals surface area contributed by atoms with Gasteiger partial charge in [0.05, 0.1) is 10.6 Å². The zero-order chi connectivity index (χ0) is 12.3. The molecule has 6 heteroatoms. The average Bonchev–Trinajstić information content (AvgIpc) is 2.20. The van der Waals surface area contributed by atoms with E-state index >= 15 is 0 Å². The van der Waals surface area contributed by atoms with E-state index in [1.165, 1.54) is 25.1 Å². The van der Waals surface area contributed by atoms with Crippen molar-refractivity contribution in [3.05, 3.63) is 28.8 Å². The summed E-state index contributed by atoms with van der Waals surface area (Å²) in [4.78, 5) is 21.3. The van der Waals surface area contributed by atoms with Crippen molar-refractivity contribution >= 4 is 29.2 Å². The summed E-state index contributed by atoms with van der Waals surface area (Å²) in [6.07, 6.45) is 0. The Balaban J connectivity index is 2.95. The van der Waals surface area contributed by atoms with Crippen molar-refractivity contribution in [1.82, 2.24) is 0 Å². The van der Waals surface area contributed by atoms with Crippen molar-refractivity contribution in [3.63, 3.8) is 0 Å². The van der Waals surface area contributed by atoms with Gasteiger partial charge in [0.1, 0.15) is 6.04 Å². The van der Waals surface area contributed by atoms with Crippen molar-refractivity contribution in [2.75, 3.05) is 5.32 Å². The molecule has 0 saturated heterocycles. The van der Waals surface area contributed by atoms with Crippen LogP contribution in [0.1, 0.15) is 17.3 Å². The Morgan fingerprint density at radius 2 is 2.00 bits per heavy atom. The molecule has 86 valence electrons. The summed E-state index contributed by atoms with van der Waals surface area (Å²) in [5.41, 5.74) is 0.334. The van der Waals surface area contributed by atoms with E-state index in [9.17, 15) is 9.59 Å². The molecule has 16 heavy (non-hydrogen) atoms. The van der Waals surface area contributed by atoms with Crippen molar-refractivity contribution in [3.8, 4) is 0 Å². The summed E-state index contributed by atoms with van der Waals surface area (Å²) in [5, 5.41) is 20.2. The minimum Gasteiger partial charge on any atom is -0.480 e. The van der Waals surface area contributed by atoms with Crippen LogP contribution < -0.4 is 5.32 Å². The highest BCUT2D eigenvalue weighted by Gasteiger charge is 2.13. The van der Waals surface area contributed by atoms with Crippen LogP contribution in [0.2, 0.25) is 5.02 Å². The molecule has 0 saturated carbocycles. The third-order valence-electron chi connectivity index (χ3n) is 1.95. The predicted octanol–water partition coefficient (Wildman–Crippen LogP) is 1.92. The first-order chi connectivity index (χ1) is 7.41. The van der Waals surface area contributed by atoms with Gasteiger partial charge in [-0.2, -0.15) is 0 Å². The van der Waals surface area contributed by atoms with E-state index in [1.54, 1.807) is 0 Å². The Bertz CT molecular complexity index is 433. The van der Waals surface area contributed by atoms with Crippen LogP contribution >= 0.6 is 11.6 Å². The molecule has 0 aromatic heterocycles. The molecule has 0 spiro atoms. The van der Waals surface area contributed by atoms with Crippen LogP contribution in [-0.2, 0) is 4.79 Å². The van der Waals surface area contributed by atoms with Crippen molar-refractivity contribution in [2.45, 2.75) is 13.0 Å². The molecule has 1 rings (SSSR count). The number of halogens is 1. The lowest BCUT2D eigenvalue weighted by atomic mass is 10.2. The molecule has 0 amide bonds. The van der Waals surface area contributed by atoms with Crippen LogP contribution in [0.15, 0.2) is 18.2 Å². The Kier molecular flexibility index (Phi) is 3.73. The van der Waals surface area contributed by atoms with Crippen LogP contribution in [0.3, 0.4) is 0 Å². The van der Waals surface area contributed by atoms with Gasteiger partial charge in [0.2, 0.25) is 0 Å². The molecule has 0 fully saturated rings. The van der Waals surface area contributed by atoms with E-state index in [1.807, 2.05) is 0 Å². The van der Waals surface area contributed by atoms with Gasteiger partial charge in [0.15, 0.2) is 0 Å². The number of aliphatic carboxylic acids is 1. The summed E-state index contributed by atoms with van der Waals surface area (Å²) < 4.78 is 0. The summed E-state index contributed by atoms with van der Waals surface area (Å²) in [6, 6.07) is 3.42. The topological polar surface area (TPSA) is 86.6 Å². The van der Waals surface area contributed by atoms with Gasteiger partial charge in [-0.15, -0.1) is 0 Å². The van der Waals surface area contributed by atoms with Gasteiger partial charge in [-0.05, 0) is 25.1 Å². The van der Waals surface area contributed by atoms with Crippen LogP contribution in [-0.4, -0.2) is 28.2 Å². The summed E-state index contributed by atoms with van der Waals surface area (Å²) in [6.45, 7) is 1.46. The van der Waals surface area contributed by atoms with E-state index in [4.69, 9.17) is 21.8 Å². The number of carbonyl (C=O) groups is 2. The molecule has 0 aliphatic carbocycles. The Labute approximate surface area is 96.7 Å². The maximum absolute atomic E-state index is 10.8. The second-order valence-electron chi connectivity index (χ2n) is 3.20. The first kappa shape index (κ1) is 12.3. The van der Waals surface area contributed by atoms with Gasteiger partial charge in [0, 0.05) is 5.69 Å². The molecule has 1 aromatic carbocycles. The smallest absolute Gasteiger partial charge is 0.337 e. The highest BCUT2D eigenvalue weighted by molar-refractivity contribution is 6.33. The second-order valence-corrected chi connectivity index (χ2v) is 3.61. The van der Waals surface area contributed by atoms with E-state index < -0.39 is 18.0 Å². The maximum atomic E-state index is 10.8. The van der Waals surface area contributed by atoms with Gasteiger partial charge >= 0.3 is 11.9 Å². The quantitative estimate of drug-likeness (QED) is 0.752. The van der Waals surface area contributed by atoms with Crippen molar-refractivity contribution < 1.29 is 19.8 Å². The lowest BCUT2D eigenvalue weighted by Gasteiger charge is -2.11.